The second kappa shape index (κ2) is 3.97. The van der Waals surface area contributed by atoms with E-state index in [9.17, 15) is 5.11 Å². The molecule has 1 aromatic rings. The highest BCUT2D eigenvalue weighted by molar-refractivity contribution is 5.56. The first-order valence-corrected chi connectivity index (χ1v) is 3.76. The van der Waals surface area contributed by atoms with E-state index in [-0.39, 0.29) is 5.75 Å². The highest BCUT2D eigenvalue weighted by atomic mass is 16.5. The maximum atomic E-state index is 9.40. The molecule has 0 aromatic heterocycles. The summed E-state index contributed by atoms with van der Waals surface area (Å²) in [6, 6.07) is 5.42. The van der Waals surface area contributed by atoms with Crippen molar-refractivity contribution in [3.63, 3.8) is 0 Å². The summed E-state index contributed by atoms with van der Waals surface area (Å²) >= 11 is 0. The monoisotopic (exact) mass is 167 g/mol. The third-order valence-electron chi connectivity index (χ3n) is 1.64. The molecule has 0 saturated carbocycles. The number of benzene rings is 1. The molecule has 3 nitrogen and oxygen atoms in total. The summed E-state index contributed by atoms with van der Waals surface area (Å²) < 4.78 is 4.92. The summed E-state index contributed by atoms with van der Waals surface area (Å²) in [7, 11) is 3.40. The van der Waals surface area contributed by atoms with Crippen molar-refractivity contribution in [2.24, 2.45) is 0 Å². The Morgan fingerprint density at radius 1 is 1.50 bits per heavy atom. The largest absolute Gasteiger partial charge is 0.506 e. The zero-order valence-corrected chi connectivity index (χ0v) is 7.29. The first-order valence-electron chi connectivity index (χ1n) is 3.76. The highest BCUT2D eigenvalue weighted by Gasteiger charge is 1.99. The van der Waals surface area contributed by atoms with Crippen molar-refractivity contribution < 1.29 is 9.84 Å². The summed E-state index contributed by atoms with van der Waals surface area (Å²) in [5, 5.41) is 12.3. The van der Waals surface area contributed by atoms with Gasteiger partial charge in [0, 0.05) is 14.2 Å². The lowest BCUT2D eigenvalue weighted by molar-refractivity contribution is 0.184. The van der Waals surface area contributed by atoms with Crippen LogP contribution in [-0.2, 0) is 11.3 Å². The van der Waals surface area contributed by atoms with Crippen LogP contribution in [0.25, 0.3) is 0 Å². The van der Waals surface area contributed by atoms with E-state index in [4.69, 9.17) is 4.74 Å². The van der Waals surface area contributed by atoms with Gasteiger partial charge in [-0.2, -0.15) is 0 Å². The smallest absolute Gasteiger partial charge is 0.139 e. The quantitative estimate of drug-likeness (QED) is 0.671. The van der Waals surface area contributed by atoms with Gasteiger partial charge in [0.25, 0.3) is 0 Å². The summed E-state index contributed by atoms with van der Waals surface area (Å²) in [4.78, 5) is 0. The van der Waals surface area contributed by atoms with Gasteiger partial charge >= 0.3 is 0 Å². The van der Waals surface area contributed by atoms with E-state index in [0.717, 1.165) is 11.3 Å². The molecular formula is C9H13NO2. The normalized spacial score (nSPS) is 9.83. The van der Waals surface area contributed by atoms with Crippen LogP contribution in [0.4, 0.5) is 5.69 Å². The van der Waals surface area contributed by atoms with E-state index in [1.165, 1.54) is 0 Å². The third kappa shape index (κ3) is 1.89. The lowest BCUT2D eigenvalue weighted by Gasteiger charge is -2.05. The molecule has 0 fully saturated rings. The fraction of sp³-hybridized carbons (Fsp3) is 0.333. The number of ether oxygens (including phenoxy) is 1. The number of nitrogens with one attached hydrogen (secondary N) is 1. The van der Waals surface area contributed by atoms with Gasteiger partial charge in [-0.1, -0.05) is 6.07 Å². The third-order valence-corrected chi connectivity index (χ3v) is 1.64. The van der Waals surface area contributed by atoms with Crippen LogP contribution in [0, 0.1) is 0 Å². The van der Waals surface area contributed by atoms with Crippen LogP contribution in [0.2, 0.25) is 0 Å². The minimum Gasteiger partial charge on any atom is -0.506 e. The molecule has 2 N–H and O–H groups in total. The fourth-order valence-corrected chi connectivity index (χ4v) is 1.05. The van der Waals surface area contributed by atoms with Crippen LogP contribution in [0.5, 0.6) is 5.75 Å². The standard InChI is InChI=1S/C9H13NO2/c1-10-8-4-3-7(6-12-2)5-9(8)11/h3-5,10-11H,6H2,1-2H3. The predicted octanol–water partition coefficient (Wildman–Crippen LogP) is 1.58. The minimum atomic E-state index is 0.257. The molecule has 0 bridgehead atoms. The zero-order valence-electron chi connectivity index (χ0n) is 7.29. The zero-order chi connectivity index (χ0) is 8.97. The SMILES string of the molecule is CNc1ccc(COC)cc1O. The molecule has 0 aliphatic heterocycles. The van der Waals surface area contributed by atoms with Gasteiger partial charge in [-0.15, -0.1) is 0 Å². The van der Waals surface area contributed by atoms with Gasteiger partial charge in [-0.25, -0.2) is 0 Å². The van der Waals surface area contributed by atoms with Gasteiger partial charge < -0.3 is 15.2 Å². The molecule has 0 heterocycles. The second-order valence-corrected chi connectivity index (χ2v) is 2.53. The van der Waals surface area contributed by atoms with E-state index >= 15 is 0 Å². The Balaban J connectivity index is 2.86. The molecule has 0 amide bonds. The van der Waals surface area contributed by atoms with Crippen LogP contribution in [-0.4, -0.2) is 19.3 Å². The van der Waals surface area contributed by atoms with Crippen molar-refractivity contribution >= 4 is 5.69 Å². The van der Waals surface area contributed by atoms with Crippen LogP contribution >= 0.6 is 0 Å². The molecule has 0 atom stereocenters. The number of rotatable bonds is 3. The Hall–Kier alpha value is -1.22. The van der Waals surface area contributed by atoms with Crippen LogP contribution in [0.1, 0.15) is 5.56 Å². The van der Waals surface area contributed by atoms with Crippen LogP contribution < -0.4 is 5.32 Å². The second-order valence-electron chi connectivity index (χ2n) is 2.53. The average molecular weight is 167 g/mol. The molecule has 0 aliphatic carbocycles. The molecule has 66 valence electrons. The van der Waals surface area contributed by atoms with E-state index in [0.29, 0.717) is 6.61 Å². The molecule has 0 spiro atoms. The molecule has 0 radical (unpaired) electrons. The topological polar surface area (TPSA) is 41.5 Å². The fourth-order valence-electron chi connectivity index (χ4n) is 1.05. The molecule has 12 heavy (non-hydrogen) atoms. The minimum absolute atomic E-state index is 0.257. The van der Waals surface area contributed by atoms with Gasteiger partial charge in [0.2, 0.25) is 0 Å². The summed E-state index contributed by atoms with van der Waals surface area (Å²) in [5.41, 5.74) is 1.70. The Morgan fingerprint density at radius 3 is 2.75 bits per heavy atom. The summed E-state index contributed by atoms with van der Waals surface area (Å²) in [5.74, 6) is 0.257. The molecular weight excluding hydrogens is 154 g/mol. The van der Waals surface area contributed by atoms with Gasteiger partial charge in [0.15, 0.2) is 0 Å². The van der Waals surface area contributed by atoms with E-state index in [2.05, 4.69) is 5.32 Å². The summed E-state index contributed by atoms with van der Waals surface area (Å²) in [6.45, 7) is 0.525. The number of methoxy groups -OCH3 is 1. The number of phenols is 1. The lowest BCUT2D eigenvalue weighted by Crippen LogP contribution is -1.91. The van der Waals surface area contributed by atoms with Crippen molar-refractivity contribution in [2.45, 2.75) is 6.61 Å². The Kier molecular flexibility index (Phi) is 2.94. The van der Waals surface area contributed by atoms with Crippen molar-refractivity contribution in [2.75, 3.05) is 19.5 Å². The molecule has 3 heteroatoms. The van der Waals surface area contributed by atoms with Crippen molar-refractivity contribution in [3.05, 3.63) is 23.8 Å². The van der Waals surface area contributed by atoms with Gasteiger partial charge in [-0.05, 0) is 17.7 Å². The first kappa shape index (κ1) is 8.87. The van der Waals surface area contributed by atoms with Gasteiger partial charge in [0.1, 0.15) is 5.75 Å². The summed E-state index contributed by atoms with van der Waals surface area (Å²) in [6.07, 6.45) is 0. The molecule has 0 saturated heterocycles. The van der Waals surface area contributed by atoms with E-state index in [1.54, 1.807) is 20.2 Å². The Labute approximate surface area is 72.0 Å². The highest BCUT2D eigenvalue weighted by Crippen LogP contribution is 2.23. The lowest BCUT2D eigenvalue weighted by atomic mass is 10.2. The number of hydrogen-bond donors (Lipinski definition) is 2. The first-order chi connectivity index (χ1) is 5.77. The van der Waals surface area contributed by atoms with Gasteiger partial charge in [0.05, 0.1) is 12.3 Å². The maximum absolute atomic E-state index is 9.40. The number of hydrogen-bond acceptors (Lipinski definition) is 3. The van der Waals surface area contributed by atoms with E-state index in [1.807, 2.05) is 12.1 Å². The Morgan fingerprint density at radius 2 is 2.25 bits per heavy atom. The predicted molar refractivity (Wildman–Crippen MR) is 48.4 cm³/mol. The van der Waals surface area contributed by atoms with Crippen molar-refractivity contribution in [1.29, 1.82) is 0 Å². The van der Waals surface area contributed by atoms with E-state index < -0.39 is 0 Å². The maximum Gasteiger partial charge on any atom is 0.139 e. The van der Waals surface area contributed by atoms with Crippen molar-refractivity contribution in [3.8, 4) is 5.75 Å². The Bertz CT molecular complexity index is 261. The van der Waals surface area contributed by atoms with Gasteiger partial charge in [-0.3, -0.25) is 0 Å². The molecule has 0 aliphatic rings. The molecule has 0 unspecified atom stereocenters. The van der Waals surface area contributed by atoms with Crippen molar-refractivity contribution in [1.82, 2.24) is 0 Å². The molecule has 1 rings (SSSR count). The molecule has 1 aromatic carbocycles. The number of aromatic hydroxyl groups is 1. The number of anilines is 1. The average Bonchev–Trinajstić information content (AvgIpc) is 2.05. The number of phenolic OH excluding ortho intramolecular Hbond substituents is 1. The van der Waals surface area contributed by atoms with Crippen LogP contribution in [0.15, 0.2) is 18.2 Å². The van der Waals surface area contributed by atoms with Crippen LogP contribution in [0.3, 0.4) is 0 Å².